The van der Waals surface area contributed by atoms with Crippen molar-refractivity contribution in [3.8, 4) is 0 Å². The number of benzene rings is 1. The van der Waals surface area contributed by atoms with Gasteiger partial charge in [-0.1, -0.05) is 36.6 Å². The maximum absolute atomic E-state index is 12.1. The van der Waals surface area contributed by atoms with E-state index in [0.29, 0.717) is 5.02 Å². The second-order valence-electron chi connectivity index (χ2n) is 4.35. The molecule has 0 atom stereocenters. The van der Waals surface area contributed by atoms with E-state index in [-0.39, 0.29) is 17.1 Å². The number of ketones is 1. The van der Waals surface area contributed by atoms with Gasteiger partial charge in [-0.25, -0.2) is 0 Å². The van der Waals surface area contributed by atoms with Crippen LogP contribution in [0.15, 0.2) is 24.3 Å². The zero-order valence-electron chi connectivity index (χ0n) is 9.01. The van der Waals surface area contributed by atoms with Crippen LogP contribution in [-0.4, -0.2) is 11.7 Å². The number of carbonyl (C=O) groups excluding carboxylic acids is 1. The average molecular weight is 257 g/mol. The molecule has 1 aromatic rings. The zero-order valence-corrected chi connectivity index (χ0v) is 10.5. The largest absolute Gasteiger partial charge is 0.297 e. The number of rotatable bonds is 3. The first-order valence-corrected chi connectivity index (χ1v) is 6.45. The summed E-state index contributed by atoms with van der Waals surface area (Å²) in [6.07, 6.45) is 4.04. The Balaban J connectivity index is 2.39. The van der Waals surface area contributed by atoms with E-state index in [0.717, 1.165) is 31.2 Å². The lowest BCUT2D eigenvalue weighted by atomic mass is 9.76. The molecule has 0 saturated heterocycles. The van der Waals surface area contributed by atoms with Gasteiger partial charge in [0.2, 0.25) is 0 Å². The fourth-order valence-corrected chi connectivity index (χ4v) is 2.99. The van der Waals surface area contributed by atoms with Gasteiger partial charge in [-0.15, -0.1) is 11.6 Å². The van der Waals surface area contributed by atoms with E-state index in [9.17, 15) is 4.79 Å². The van der Waals surface area contributed by atoms with Crippen LogP contribution < -0.4 is 0 Å². The fraction of sp³-hybridized carbons (Fsp3) is 0.462. The normalized spacial score (nSPS) is 18.6. The third-order valence-corrected chi connectivity index (χ3v) is 4.00. The molecule has 0 bridgehead atoms. The lowest BCUT2D eigenvalue weighted by Crippen LogP contribution is -2.33. The van der Waals surface area contributed by atoms with E-state index in [1.54, 1.807) is 0 Å². The van der Waals surface area contributed by atoms with Crippen molar-refractivity contribution < 1.29 is 4.79 Å². The summed E-state index contributed by atoms with van der Waals surface area (Å²) >= 11 is 11.6. The van der Waals surface area contributed by atoms with E-state index < -0.39 is 0 Å². The van der Waals surface area contributed by atoms with Gasteiger partial charge in [-0.05, 0) is 30.5 Å². The molecule has 2 rings (SSSR count). The van der Waals surface area contributed by atoms with Crippen LogP contribution >= 0.6 is 23.2 Å². The number of hydrogen-bond acceptors (Lipinski definition) is 1. The molecule has 0 unspecified atom stereocenters. The molecule has 1 aliphatic rings. The second-order valence-corrected chi connectivity index (χ2v) is 5.06. The summed E-state index contributed by atoms with van der Waals surface area (Å²) in [5.74, 6) is 0.247. The highest BCUT2D eigenvalue weighted by Gasteiger charge is 2.41. The molecular formula is C13H14Cl2O. The molecule has 0 amide bonds. The Morgan fingerprint density at radius 3 is 2.25 bits per heavy atom. The summed E-state index contributed by atoms with van der Waals surface area (Å²) in [6.45, 7) is 0. The molecule has 0 spiro atoms. The minimum absolute atomic E-state index is 0.0998. The molecule has 1 aliphatic carbocycles. The Kier molecular flexibility index (Phi) is 3.56. The number of alkyl halides is 1. The smallest absolute Gasteiger partial charge is 0.158 e. The van der Waals surface area contributed by atoms with Crippen molar-refractivity contribution in [1.82, 2.24) is 0 Å². The number of hydrogen-bond donors (Lipinski definition) is 0. The molecule has 0 aliphatic heterocycles. The van der Waals surface area contributed by atoms with Crippen molar-refractivity contribution in [2.24, 2.45) is 0 Å². The summed E-state index contributed by atoms with van der Waals surface area (Å²) in [6, 6.07) is 7.60. The minimum Gasteiger partial charge on any atom is -0.297 e. The predicted molar refractivity (Wildman–Crippen MR) is 67.3 cm³/mol. The van der Waals surface area contributed by atoms with Gasteiger partial charge in [0.1, 0.15) is 0 Å². The van der Waals surface area contributed by atoms with Crippen molar-refractivity contribution >= 4 is 29.0 Å². The number of halogens is 2. The monoisotopic (exact) mass is 256 g/mol. The Morgan fingerprint density at radius 2 is 1.75 bits per heavy atom. The highest BCUT2D eigenvalue weighted by atomic mass is 35.5. The van der Waals surface area contributed by atoms with E-state index >= 15 is 0 Å². The molecule has 0 radical (unpaired) electrons. The molecule has 0 N–H and O–H groups in total. The molecule has 3 heteroatoms. The summed E-state index contributed by atoms with van der Waals surface area (Å²) in [7, 11) is 0. The summed E-state index contributed by atoms with van der Waals surface area (Å²) in [5, 5.41) is 0.704. The van der Waals surface area contributed by atoms with Crippen molar-refractivity contribution in [3.63, 3.8) is 0 Å². The van der Waals surface area contributed by atoms with Gasteiger partial charge < -0.3 is 0 Å². The standard InChI is InChI=1S/C13H14Cl2O/c14-9-12(16)13(7-1-2-8-13)10-3-5-11(15)6-4-10/h3-6H,1-2,7-9H2. The SMILES string of the molecule is O=C(CCl)C1(c2ccc(Cl)cc2)CCCC1. The van der Waals surface area contributed by atoms with Crippen LogP contribution in [0.3, 0.4) is 0 Å². The molecule has 1 aromatic carbocycles. The summed E-state index contributed by atoms with van der Waals surface area (Å²) in [5.41, 5.74) is 0.729. The molecule has 16 heavy (non-hydrogen) atoms. The molecular weight excluding hydrogens is 243 g/mol. The van der Waals surface area contributed by atoms with Crippen molar-refractivity contribution in [2.45, 2.75) is 31.1 Å². The summed E-state index contributed by atoms with van der Waals surface area (Å²) in [4.78, 5) is 12.1. The lowest BCUT2D eigenvalue weighted by molar-refractivity contribution is -0.122. The van der Waals surface area contributed by atoms with Gasteiger partial charge in [0.15, 0.2) is 5.78 Å². The van der Waals surface area contributed by atoms with E-state index in [1.165, 1.54) is 0 Å². The van der Waals surface area contributed by atoms with Crippen LogP contribution in [0.1, 0.15) is 31.2 Å². The van der Waals surface area contributed by atoms with Crippen LogP contribution in [0.25, 0.3) is 0 Å². The number of carbonyl (C=O) groups is 1. The first-order chi connectivity index (χ1) is 7.69. The van der Waals surface area contributed by atoms with Gasteiger partial charge in [-0.2, -0.15) is 0 Å². The maximum atomic E-state index is 12.1. The van der Waals surface area contributed by atoms with Crippen LogP contribution in [0, 0.1) is 0 Å². The average Bonchev–Trinajstić information content (AvgIpc) is 2.79. The number of Topliss-reactive ketones (excluding diaryl/α,β-unsaturated/α-hetero) is 1. The second kappa shape index (κ2) is 4.77. The highest BCUT2D eigenvalue weighted by Crippen LogP contribution is 2.42. The molecule has 0 aromatic heterocycles. The molecule has 86 valence electrons. The van der Waals surface area contributed by atoms with Gasteiger partial charge in [0, 0.05) is 5.02 Å². The zero-order chi connectivity index (χ0) is 11.6. The summed E-state index contributed by atoms with van der Waals surface area (Å²) < 4.78 is 0. The quantitative estimate of drug-likeness (QED) is 0.749. The molecule has 0 heterocycles. The predicted octanol–water partition coefficient (Wildman–Crippen LogP) is 3.96. The van der Waals surface area contributed by atoms with Gasteiger partial charge in [0.25, 0.3) is 0 Å². The Labute approximate surface area is 106 Å². The maximum Gasteiger partial charge on any atom is 0.158 e. The lowest BCUT2D eigenvalue weighted by Gasteiger charge is -2.27. The minimum atomic E-state index is -0.341. The molecule has 1 saturated carbocycles. The first-order valence-electron chi connectivity index (χ1n) is 5.54. The Hall–Kier alpha value is -0.530. The van der Waals surface area contributed by atoms with Gasteiger partial charge in [0.05, 0.1) is 11.3 Å². The van der Waals surface area contributed by atoms with Crippen LogP contribution in [0.2, 0.25) is 5.02 Å². The fourth-order valence-electron chi connectivity index (χ4n) is 2.60. The molecule has 1 fully saturated rings. The van der Waals surface area contributed by atoms with E-state index in [4.69, 9.17) is 23.2 Å². The third-order valence-electron chi connectivity index (χ3n) is 3.51. The van der Waals surface area contributed by atoms with Crippen LogP contribution in [-0.2, 0) is 10.2 Å². The van der Waals surface area contributed by atoms with Crippen molar-refractivity contribution in [2.75, 3.05) is 5.88 Å². The third kappa shape index (κ3) is 1.99. The Bertz CT molecular complexity index is 377. The first kappa shape index (κ1) is 11.9. The van der Waals surface area contributed by atoms with Crippen molar-refractivity contribution in [3.05, 3.63) is 34.9 Å². The highest BCUT2D eigenvalue weighted by molar-refractivity contribution is 6.30. The van der Waals surface area contributed by atoms with E-state index in [2.05, 4.69) is 0 Å². The Morgan fingerprint density at radius 1 is 1.19 bits per heavy atom. The topological polar surface area (TPSA) is 17.1 Å². The molecule has 1 nitrogen and oxygen atoms in total. The van der Waals surface area contributed by atoms with E-state index in [1.807, 2.05) is 24.3 Å². The van der Waals surface area contributed by atoms with Crippen LogP contribution in [0.4, 0.5) is 0 Å². The van der Waals surface area contributed by atoms with Gasteiger partial charge in [-0.3, -0.25) is 4.79 Å². The van der Waals surface area contributed by atoms with Crippen LogP contribution in [0.5, 0.6) is 0 Å². The van der Waals surface area contributed by atoms with Gasteiger partial charge >= 0.3 is 0 Å². The van der Waals surface area contributed by atoms with Crippen molar-refractivity contribution in [1.29, 1.82) is 0 Å².